The topological polar surface area (TPSA) is 49.4 Å². The molecule has 0 unspecified atom stereocenters. The molecule has 3 rings (SSSR count). The summed E-state index contributed by atoms with van der Waals surface area (Å²) in [5.74, 6) is -0.355. The van der Waals surface area contributed by atoms with Crippen LogP contribution in [0, 0.1) is 0 Å². The van der Waals surface area contributed by atoms with Crippen LogP contribution in [0.25, 0.3) is 0 Å². The first-order valence-electron chi connectivity index (χ1n) is 10.5. The van der Waals surface area contributed by atoms with Crippen LogP contribution in [-0.4, -0.2) is 30.8 Å². The van der Waals surface area contributed by atoms with E-state index in [-0.39, 0.29) is 36.2 Å². The smallest absolute Gasteiger partial charge is 0.240 e. The highest BCUT2D eigenvalue weighted by Crippen LogP contribution is 2.31. The lowest BCUT2D eigenvalue weighted by molar-refractivity contribution is -0.118. The Bertz CT molecular complexity index is 927. The van der Waals surface area contributed by atoms with E-state index >= 15 is 0 Å². The van der Waals surface area contributed by atoms with E-state index in [1.54, 1.807) is 49.5 Å². The molecule has 4 nitrogen and oxygen atoms in total. The van der Waals surface area contributed by atoms with E-state index in [1.165, 1.54) is 24.2 Å². The molecule has 2 aromatic carbocycles. The first-order valence-corrected chi connectivity index (χ1v) is 11.2. The number of carbonyl (C=O) groups excluding carboxylic acids is 2. The highest BCUT2D eigenvalue weighted by atomic mass is 35.5. The fourth-order valence-electron chi connectivity index (χ4n) is 4.17. The lowest BCUT2D eigenvalue weighted by atomic mass is 9.80. The van der Waals surface area contributed by atoms with Crippen LogP contribution in [0.15, 0.2) is 42.5 Å². The van der Waals surface area contributed by atoms with E-state index in [0.717, 1.165) is 19.3 Å². The third kappa shape index (κ3) is 6.01. The number of ketones is 1. The molecule has 1 saturated carbocycles. The highest BCUT2D eigenvalue weighted by molar-refractivity contribution is 6.36. The number of halogens is 3. The van der Waals surface area contributed by atoms with E-state index in [1.807, 2.05) is 0 Å². The SMILES string of the molecule is CCC1(NCC(=O)N(C)c2ccc(Cl)cc2C(=O)c2ccccc2Cl)CCCCC1.Cl. The summed E-state index contributed by atoms with van der Waals surface area (Å²) in [7, 11) is 1.69. The third-order valence-electron chi connectivity index (χ3n) is 6.16. The van der Waals surface area contributed by atoms with Crippen molar-refractivity contribution in [3.8, 4) is 0 Å². The van der Waals surface area contributed by atoms with Crippen molar-refractivity contribution < 1.29 is 9.59 Å². The summed E-state index contributed by atoms with van der Waals surface area (Å²) in [5, 5.41) is 4.31. The molecule has 168 valence electrons. The van der Waals surface area contributed by atoms with E-state index in [2.05, 4.69) is 12.2 Å². The van der Waals surface area contributed by atoms with Crippen LogP contribution in [0.3, 0.4) is 0 Å². The summed E-state index contributed by atoms with van der Waals surface area (Å²) in [6.07, 6.45) is 6.84. The number of benzene rings is 2. The molecule has 31 heavy (non-hydrogen) atoms. The number of anilines is 1. The minimum atomic E-state index is -0.261. The summed E-state index contributed by atoms with van der Waals surface area (Å²) < 4.78 is 0. The zero-order valence-corrected chi connectivity index (χ0v) is 20.2. The fourth-order valence-corrected chi connectivity index (χ4v) is 4.57. The summed E-state index contributed by atoms with van der Waals surface area (Å²) in [6.45, 7) is 2.40. The first kappa shape index (κ1) is 25.7. The van der Waals surface area contributed by atoms with Crippen LogP contribution in [-0.2, 0) is 4.79 Å². The van der Waals surface area contributed by atoms with Crippen molar-refractivity contribution in [2.24, 2.45) is 0 Å². The molecule has 1 fully saturated rings. The van der Waals surface area contributed by atoms with E-state index in [9.17, 15) is 9.59 Å². The molecule has 0 bridgehead atoms. The molecule has 0 aromatic heterocycles. The fraction of sp³-hybridized carbons (Fsp3) is 0.417. The van der Waals surface area contributed by atoms with Gasteiger partial charge in [-0.1, -0.05) is 61.5 Å². The Morgan fingerprint density at radius 1 is 1.03 bits per heavy atom. The van der Waals surface area contributed by atoms with Crippen LogP contribution >= 0.6 is 35.6 Å². The number of hydrogen-bond acceptors (Lipinski definition) is 3. The Kier molecular flexibility index (Phi) is 9.38. The molecule has 0 spiro atoms. The van der Waals surface area contributed by atoms with Crippen LogP contribution in [0.4, 0.5) is 5.69 Å². The van der Waals surface area contributed by atoms with Gasteiger partial charge in [0.2, 0.25) is 5.91 Å². The molecule has 0 saturated heterocycles. The van der Waals surface area contributed by atoms with Gasteiger partial charge in [-0.25, -0.2) is 0 Å². The van der Waals surface area contributed by atoms with Crippen molar-refractivity contribution in [3.63, 3.8) is 0 Å². The normalized spacial score (nSPS) is 15.1. The lowest BCUT2D eigenvalue weighted by Crippen LogP contribution is -2.50. The maximum absolute atomic E-state index is 13.2. The molecule has 7 heteroatoms. The quantitative estimate of drug-likeness (QED) is 0.469. The van der Waals surface area contributed by atoms with Gasteiger partial charge < -0.3 is 10.2 Å². The van der Waals surface area contributed by atoms with Crippen molar-refractivity contribution >= 4 is 53.0 Å². The maximum atomic E-state index is 13.2. The Morgan fingerprint density at radius 3 is 2.35 bits per heavy atom. The average molecular weight is 484 g/mol. The van der Waals surface area contributed by atoms with Gasteiger partial charge in [-0.15, -0.1) is 12.4 Å². The zero-order valence-electron chi connectivity index (χ0n) is 17.9. The number of likely N-dealkylation sites (N-methyl/N-ethyl adjacent to an activating group) is 1. The number of nitrogens with zero attached hydrogens (tertiary/aromatic N) is 1. The number of nitrogens with one attached hydrogen (secondary N) is 1. The number of rotatable bonds is 7. The van der Waals surface area contributed by atoms with Crippen LogP contribution in [0.5, 0.6) is 0 Å². The molecular weight excluding hydrogens is 455 g/mol. The third-order valence-corrected chi connectivity index (χ3v) is 6.72. The molecule has 1 aliphatic rings. The minimum Gasteiger partial charge on any atom is -0.314 e. The second kappa shape index (κ2) is 11.3. The summed E-state index contributed by atoms with van der Waals surface area (Å²) in [6, 6.07) is 11.9. The van der Waals surface area contributed by atoms with Gasteiger partial charge in [0.1, 0.15) is 0 Å². The van der Waals surface area contributed by atoms with Gasteiger partial charge >= 0.3 is 0 Å². The Morgan fingerprint density at radius 2 is 1.71 bits per heavy atom. The van der Waals surface area contributed by atoms with Crippen molar-refractivity contribution in [2.45, 2.75) is 51.0 Å². The molecule has 0 heterocycles. The second-order valence-electron chi connectivity index (χ2n) is 7.97. The predicted octanol–water partition coefficient (Wildman–Crippen LogP) is 6.31. The van der Waals surface area contributed by atoms with Crippen LogP contribution in [0.2, 0.25) is 10.0 Å². The van der Waals surface area contributed by atoms with E-state index in [0.29, 0.717) is 26.9 Å². The molecule has 2 aromatic rings. The van der Waals surface area contributed by atoms with Crippen molar-refractivity contribution in [1.82, 2.24) is 5.32 Å². The standard InChI is InChI=1S/C24H28Cl2N2O2.ClH/c1-3-24(13-7-4-8-14-24)27-16-22(29)28(2)21-12-11-17(25)15-19(21)23(30)18-9-5-6-10-20(18)26;/h5-6,9-12,15,27H,3-4,7-8,13-14,16H2,1-2H3;1H. The molecular formula is C24H29Cl3N2O2. The van der Waals surface area contributed by atoms with Crippen LogP contribution in [0.1, 0.15) is 61.4 Å². The Labute approximate surface area is 200 Å². The van der Waals surface area contributed by atoms with Crippen molar-refractivity contribution in [1.29, 1.82) is 0 Å². The molecule has 1 aliphatic carbocycles. The Balaban J connectivity index is 0.00000341. The summed E-state index contributed by atoms with van der Waals surface area (Å²) >= 11 is 12.4. The molecule has 0 aliphatic heterocycles. The molecule has 0 radical (unpaired) electrons. The van der Waals surface area contributed by atoms with Crippen molar-refractivity contribution in [2.75, 3.05) is 18.5 Å². The van der Waals surface area contributed by atoms with E-state index in [4.69, 9.17) is 23.2 Å². The van der Waals surface area contributed by atoms with Crippen LogP contribution < -0.4 is 10.2 Å². The van der Waals surface area contributed by atoms with Gasteiger partial charge in [0, 0.05) is 28.7 Å². The lowest BCUT2D eigenvalue weighted by Gasteiger charge is -2.38. The van der Waals surface area contributed by atoms with E-state index < -0.39 is 0 Å². The number of hydrogen-bond donors (Lipinski definition) is 1. The molecule has 1 amide bonds. The summed E-state index contributed by atoms with van der Waals surface area (Å²) in [4.78, 5) is 27.7. The Hall–Kier alpha value is -1.59. The van der Waals surface area contributed by atoms with Gasteiger partial charge in [0.05, 0.1) is 17.3 Å². The van der Waals surface area contributed by atoms with Gasteiger partial charge in [-0.3, -0.25) is 9.59 Å². The predicted molar refractivity (Wildman–Crippen MR) is 131 cm³/mol. The maximum Gasteiger partial charge on any atom is 0.240 e. The molecule has 1 N–H and O–H groups in total. The summed E-state index contributed by atoms with van der Waals surface area (Å²) in [5.41, 5.74) is 1.29. The second-order valence-corrected chi connectivity index (χ2v) is 8.81. The molecule has 0 atom stereocenters. The van der Waals surface area contributed by atoms with Gasteiger partial charge in [-0.05, 0) is 49.6 Å². The van der Waals surface area contributed by atoms with Gasteiger partial charge in [0.15, 0.2) is 5.78 Å². The number of amides is 1. The minimum absolute atomic E-state index is 0. The first-order chi connectivity index (χ1) is 14.4. The largest absolute Gasteiger partial charge is 0.314 e. The van der Waals surface area contributed by atoms with Crippen molar-refractivity contribution in [3.05, 3.63) is 63.6 Å². The number of carbonyl (C=O) groups is 2. The van der Waals surface area contributed by atoms with Gasteiger partial charge in [-0.2, -0.15) is 0 Å². The monoisotopic (exact) mass is 482 g/mol. The van der Waals surface area contributed by atoms with Gasteiger partial charge in [0.25, 0.3) is 0 Å². The zero-order chi connectivity index (χ0) is 21.7. The highest BCUT2D eigenvalue weighted by Gasteiger charge is 2.31. The average Bonchev–Trinajstić information content (AvgIpc) is 2.77.